The topological polar surface area (TPSA) is 104 Å². The van der Waals surface area contributed by atoms with E-state index in [1.165, 1.54) is 0 Å². The van der Waals surface area contributed by atoms with E-state index >= 15 is 0 Å². The maximum atomic E-state index is 13.4. The molecule has 1 atom stereocenters. The lowest BCUT2D eigenvalue weighted by Gasteiger charge is -2.14. The molecule has 1 rings (SSSR count). The van der Waals surface area contributed by atoms with Crippen molar-refractivity contribution >= 4 is 17.8 Å². The standard InChI is InChI=1S/C13H13F2NO5/c14-8-4-1-3-7(11(8)15)12(19)16-9(13(20)21)5-2-6-10(17)18/h1,3-4,9H,2,5-6H2,(H,16,19)(H,17,18)(H,20,21)/t9-/m1/s1. The lowest BCUT2D eigenvalue weighted by Crippen LogP contribution is -2.41. The Hall–Kier alpha value is -2.51. The van der Waals surface area contributed by atoms with Crippen LogP contribution >= 0.6 is 0 Å². The fourth-order valence-electron chi connectivity index (χ4n) is 1.63. The number of rotatable bonds is 7. The van der Waals surface area contributed by atoms with E-state index in [0.29, 0.717) is 0 Å². The van der Waals surface area contributed by atoms with Gasteiger partial charge in [0.25, 0.3) is 5.91 Å². The van der Waals surface area contributed by atoms with Crippen LogP contribution in [0.25, 0.3) is 0 Å². The summed E-state index contributed by atoms with van der Waals surface area (Å²) in [5, 5.41) is 19.4. The van der Waals surface area contributed by atoms with E-state index in [2.05, 4.69) is 0 Å². The van der Waals surface area contributed by atoms with Gasteiger partial charge in [0.2, 0.25) is 0 Å². The fourth-order valence-corrected chi connectivity index (χ4v) is 1.63. The summed E-state index contributed by atoms with van der Waals surface area (Å²) in [5.41, 5.74) is -0.612. The van der Waals surface area contributed by atoms with E-state index in [4.69, 9.17) is 10.2 Å². The second-order valence-electron chi connectivity index (χ2n) is 4.25. The van der Waals surface area contributed by atoms with Crippen molar-refractivity contribution in [2.24, 2.45) is 0 Å². The molecule has 0 radical (unpaired) electrons. The van der Waals surface area contributed by atoms with Crippen LogP contribution in [0.4, 0.5) is 8.78 Å². The summed E-state index contributed by atoms with van der Waals surface area (Å²) < 4.78 is 26.4. The van der Waals surface area contributed by atoms with E-state index < -0.39 is 41.1 Å². The first-order valence-corrected chi connectivity index (χ1v) is 6.02. The van der Waals surface area contributed by atoms with Gasteiger partial charge in [-0.3, -0.25) is 9.59 Å². The van der Waals surface area contributed by atoms with E-state index in [0.717, 1.165) is 18.2 Å². The number of carboxylic acids is 2. The first-order valence-electron chi connectivity index (χ1n) is 6.02. The van der Waals surface area contributed by atoms with E-state index in [1.807, 2.05) is 5.32 Å². The average molecular weight is 301 g/mol. The molecule has 0 spiro atoms. The van der Waals surface area contributed by atoms with Gasteiger partial charge in [-0.05, 0) is 25.0 Å². The van der Waals surface area contributed by atoms with E-state index in [-0.39, 0.29) is 19.3 Å². The zero-order valence-corrected chi connectivity index (χ0v) is 10.8. The molecule has 0 aliphatic heterocycles. The molecule has 6 nitrogen and oxygen atoms in total. The Morgan fingerprint density at radius 1 is 1.19 bits per heavy atom. The maximum absolute atomic E-state index is 13.4. The largest absolute Gasteiger partial charge is 0.481 e. The van der Waals surface area contributed by atoms with Gasteiger partial charge in [0.1, 0.15) is 6.04 Å². The van der Waals surface area contributed by atoms with Crippen molar-refractivity contribution in [3.05, 3.63) is 35.4 Å². The number of nitrogens with one attached hydrogen (secondary N) is 1. The summed E-state index contributed by atoms with van der Waals surface area (Å²) in [5.74, 6) is -6.15. The highest BCUT2D eigenvalue weighted by Crippen LogP contribution is 2.12. The summed E-state index contributed by atoms with van der Waals surface area (Å²) in [6, 6.07) is 1.59. The SMILES string of the molecule is O=C(O)CCC[C@@H](NC(=O)c1cccc(F)c1F)C(=O)O. The molecule has 0 saturated heterocycles. The molecule has 0 aliphatic carbocycles. The molecule has 0 heterocycles. The lowest BCUT2D eigenvalue weighted by molar-refractivity contribution is -0.140. The van der Waals surface area contributed by atoms with Crippen LogP contribution in [0.3, 0.4) is 0 Å². The Bertz CT molecular complexity index is 561. The molecule has 0 unspecified atom stereocenters. The van der Waals surface area contributed by atoms with Crippen molar-refractivity contribution in [3.63, 3.8) is 0 Å². The van der Waals surface area contributed by atoms with Crippen molar-refractivity contribution in [1.82, 2.24) is 5.32 Å². The number of carbonyl (C=O) groups is 3. The van der Waals surface area contributed by atoms with Crippen LogP contribution in [0.2, 0.25) is 0 Å². The molecule has 21 heavy (non-hydrogen) atoms. The monoisotopic (exact) mass is 301 g/mol. The lowest BCUT2D eigenvalue weighted by atomic mass is 10.1. The van der Waals surface area contributed by atoms with Crippen molar-refractivity contribution < 1.29 is 33.4 Å². The highest BCUT2D eigenvalue weighted by atomic mass is 19.2. The summed E-state index contributed by atoms with van der Waals surface area (Å²) in [6.07, 6.45) is -0.365. The molecular formula is C13H13F2NO5. The van der Waals surface area contributed by atoms with Crippen molar-refractivity contribution in [1.29, 1.82) is 0 Å². The average Bonchev–Trinajstić information content (AvgIpc) is 2.40. The van der Waals surface area contributed by atoms with Gasteiger partial charge in [0, 0.05) is 6.42 Å². The van der Waals surface area contributed by atoms with Crippen LogP contribution in [0.1, 0.15) is 29.6 Å². The predicted molar refractivity (Wildman–Crippen MR) is 66.7 cm³/mol. The van der Waals surface area contributed by atoms with Gasteiger partial charge in [-0.25, -0.2) is 13.6 Å². The third kappa shape index (κ3) is 4.83. The first-order chi connectivity index (χ1) is 9.82. The Kier molecular flexibility index (Phi) is 5.77. The predicted octanol–water partition coefficient (Wildman–Crippen LogP) is 1.40. The third-order valence-electron chi connectivity index (χ3n) is 2.68. The van der Waals surface area contributed by atoms with Crippen LogP contribution in [-0.4, -0.2) is 34.1 Å². The molecule has 1 amide bonds. The quantitative estimate of drug-likeness (QED) is 0.706. The van der Waals surface area contributed by atoms with Crippen LogP contribution in [0.5, 0.6) is 0 Å². The fraction of sp³-hybridized carbons (Fsp3) is 0.308. The number of amides is 1. The van der Waals surface area contributed by atoms with Crippen LogP contribution in [0, 0.1) is 11.6 Å². The minimum Gasteiger partial charge on any atom is -0.481 e. The maximum Gasteiger partial charge on any atom is 0.326 e. The minimum absolute atomic E-state index is 0.0260. The zero-order chi connectivity index (χ0) is 16.0. The van der Waals surface area contributed by atoms with Gasteiger partial charge in [-0.15, -0.1) is 0 Å². The summed E-state index contributed by atoms with van der Waals surface area (Å²) >= 11 is 0. The molecule has 0 fully saturated rings. The van der Waals surface area contributed by atoms with Gasteiger partial charge in [-0.1, -0.05) is 6.07 Å². The Morgan fingerprint density at radius 3 is 2.43 bits per heavy atom. The third-order valence-corrected chi connectivity index (χ3v) is 2.68. The van der Waals surface area contributed by atoms with Crippen molar-refractivity contribution in [2.45, 2.75) is 25.3 Å². The van der Waals surface area contributed by atoms with Gasteiger partial charge in [0.15, 0.2) is 11.6 Å². The van der Waals surface area contributed by atoms with Crippen LogP contribution < -0.4 is 5.32 Å². The van der Waals surface area contributed by atoms with E-state index in [1.54, 1.807) is 0 Å². The van der Waals surface area contributed by atoms with Crippen molar-refractivity contribution in [3.8, 4) is 0 Å². The number of hydrogen-bond acceptors (Lipinski definition) is 3. The molecule has 8 heteroatoms. The van der Waals surface area contributed by atoms with Gasteiger partial charge in [-0.2, -0.15) is 0 Å². The summed E-state index contributed by atoms with van der Waals surface area (Å²) in [7, 11) is 0. The smallest absolute Gasteiger partial charge is 0.326 e. The number of halogens is 2. The first kappa shape index (κ1) is 16.5. The molecular weight excluding hydrogens is 288 g/mol. The van der Waals surface area contributed by atoms with Gasteiger partial charge in [0.05, 0.1) is 5.56 Å². The number of aliphatic carboxylic acids is 2. The minimum atomic E-state index is -1.38. The highest BCUT2D eigenvalue weighted by Gasteiger charge is 2.23. The molecule has 0 aromatic heterocycles. The Balaban J connectivity index is 2.74. The van der Waals surface area contributed by atoms with Crippen molar-refractivity contribution in [2.75, 3.05) is 0 Å². The molecule has 1 aromatic carbocycles. The summed E-state index contributed by atoms with van der Waals surface area (Å²) in [6.45, 7) is 0. The molecule has 0 saturated carbocycles. The molecule has 1 aromatic rings. The molecule has 114 valence electrons. The Labute approximate surface area is 118 Å². The molecule has 3 N–H and O–H groups in total. The number of hydrogen-bond donors (Lipinski definition) is 3. The number of benzene rings is 1. The van der Waals surface area contributed by atoms with Crippen LogP contribution in [-0.2, 0) is 9.59 Å². The second kappa shape index (κ2) is 7.32. The highest BCUT2D eigenvalue weighted by molar-refractivity contribution is 5.96. The number of carbonyl (C=O) groups excluding carboxylic acids is 1. The van der Waals surface area contributed by atoms with Crippen LogP contribution in [0.15, 0.2) is 18.2 Å². The van der Waals surface area contributed by atoms with Gasteiger partial charge >= 0.3 is 11.9 Å². The second-order valence-corrected chi connectivity index (χ2v) is 4.25. The molecule has 0 bridgehead atoms. The number of carboxylic acid groups (broad SMARTS) is 2. The molecule has 0 aliphatic rings. The zero-order valence-electron chi connectivity index (χ0n) is 10.8. The van der Waals surface area contributed by atoms with Gasteiger partial charge < -0.3 is 15.5 Å². The normalized spacial score (nSPS) is 11.7. The Morgan fingerprint density at radius 2 is 1.86 bits per heavy atom. The summed E-state index contributed by atoms with van der Waals surface area (Å²) in [4.78, 5) is 33.0. The van der Waals surface area contributed by atoms with E-state index in [9.17, 15) is 23.2 Å².